The Balaban J connectivity index is 2.68. The Bertz CT molecular complexity index is 651. The lowest BCUT2D eigenvalue weighted by Gasteiger charge is -2.20. The fourth-order valence-electron chi connectivity index (χ4n) is 2.24. The van der Waals surface area contributed by atoms with Crippen LogP contribution in [0.1, 0.15) is 50.8 Å². The van der Waals surface area contributed by atoms with Crippen LogP contribution in [0.2, 0.25) is 0 Å². The Morgan fingerprint density at radius 2 is 2.05 bits per heavy atom. The predicted molar refractivity (Wildman–Crippen MR) is 78.0 cm³/mol. The summed E-state index contributed by atoms with van der Waals surface area (Å²) in [5.74, 6) is 0.431. The Morgan fingerprint density at radius 3 is 2.55 bits per heavy atom. The number of imidazole rings is 1. The third-order valence-corrected chi connectivity index (χ3v) is 3.05. The van der Waals surface area contributed by atoms with Gasteiger partial charge in [-0.2, -0.15) is 0 Å². The number of hydrogen-bond donors (Lipinski definition) is 1. The van der Waals surface area contributed by atoms with Crippen LogP contribution in [0.25, 0.3) is 11.2 Å². The lowest BCUT2D eigenvalue weighted by atomic mass is 9.95. The van der Waals surface area contributed by atoms with Crippen LogP contribution in [0.15, 0.2) is 12.3 Å². The lowest BCUT2D eigenvalue weighted by Crippen LogP contribution is -2.20. The Kier molecular flexibility index (Phi) is 3.54. The van der Waals surface area contributed by atoms with Crippen molar-refractivity contribution in [1.82, 2.24) is 14.5 Å². The van der Waals surface area contributed by atoms with Gasteiger partial charge in [0.05, 0.1) is 5.56 Å². The summed E-state index contributed by atoms with van der Waals surface area (Å²) in [7, 11) is 0. The number of aromatic carboxylic acids is 1. The highest BCUT2D eigenvalue weighted by molar-refractivity contribution is 5.90. The zero-order valence-electron chi connectivity index (χ0n) is 12.6. The van der Waals surface area contributed by atoms with Gasteiger partial charge in [0.15, 0.2) is 5.65 Å². The molecule has 0 spiro atoms. The smallest absolute Gasteiger partial charge is 0.337 e. The van der Waals surface area contributed by atoms with Crippen molar-refractivity contribution in [2.75, 3.05) is 0 Å². The minimum Gasteiger partial charge on any atom is -0.478 e. The number of rotatable bonds is 3. The third kappa shape index (κ3) is 2.66. The van der Waals surface area contributed by atoms with Gasteiger partial charge in [-0.05, 0) is 12.0 Å². The predicted octanol–water partition coefficient (Wildman–Crippen LogP) is 3.08. The van der Waals surface area contributed by atoms with E-state index < -0.39 is 5.97 Å². The van der Waals surface area contributed by atoms with Crippen LogP contribution < -0.4 is 0 Å². The van der Waals surface area contributed by atoms with Crippen LogP contribution in [-0.4, -0.2) is 25.6 Å². The van der Waals surface area contributed by atoms with E-state index in [2.05, 4.69) is 49.2 Å². The second-order valence-corrected chi connectivity index (χ2v) is 6.56. The summed E-state index contributed by atoms with van der Waals surface area (Å²) >= 11 is 0. The van der Waals surface area contributed by atoms with Gasteiger partial charge >= 0.3 is 5.97 Å². The summed E-state index contributed by atoms with van der Waals surface area (Å²) in [6, 6.07) is 1.59. The molecule has 0 saturated carbocycles. The summed E-state index contributed by atoms with van der Waals surface area (Å²) in [4.78, 5) is 20.0. The van der Waals surface area contributed by atoms with E-state index >= 15 is 0 Å². The molecule has 1 N–H and O–H groups in total. The standard InChI is InChI=1S/C15H21N3O2/c1-9(2)8-18-12-11(17-14(18)15(3,4)5)6-10(7-16-12)13(19)20/h6-7,9H,8H2,1-5H3,(H,19,20). The molecular formula is C15H21N3O2. The zero-order chi connectivity index (χ0) is 15.1. The SMILES string of the molecule is CC(C)Cn1c(C(C)(C)C)nc2cc(C(=O)O)cnc21. The van der Waals surface area contributed by atoms with Crippen LogP contribution >= 0.6 is 0 Å². The monoisotopic (exact) mass is 275 g/mol. The molecule has 5 nitrogen and oxygen atoms in total. The molecule has 0 unspecified atom stereocenters. The van der Waals surface area contributed by atoms with Gasteiger partial charge < -0.3 is 9.67 Å². The fraction of sp³-hybridized carbons (Fsp3) is 0.533. The van der Waals surface area contributed by atoms with E-state index in [1.54, 1.807) is 6.07 Å². The minimum atomic E-state index is -0.977. The van der Waals surface area contributed by atoms with E-state index in [0.29, 0.717) is 11.4 Å². The Hall–Kier alpha value is -1.91. The highest BCUT2D eigenvalue weighted by Crippen LogP contribution is 2.26. The second-order valence-electron chi connectivity index (χ2n) is 6.56. The molecule has 108 valence electrons. The number of nitrogens with zero attached hydrogens (tertiary/aromatic N) is 3. The average Bonchev–Trinajstić information content (AvgIpc) is 2.66. The molecule has 0 aliphatic carbocycles. The van der Waals surface area contributed by atoms with E-state index in [1.807, 2.05) is 0 Å². The molecule has 2 aromatic rings. The molecule has 2 rings (SSSR count). The topological polar surface area (TPSA) is 68.0 Å². The number of carboxylic acids is 1. The molecule has 0 saturated heterocycles. The van der Waals surface area contributed by atoms with Gasteiger partial charge in [0.2, 0.25) is 0 Å². The van der Waals surface area contributed by atoms with E-state index in [1.165, 1.54) is 6.20 Å². The van der Waals surface area contributed by atoms with Crippen molar-refractivity contribution in [3.8, 4) is 0 Å². The molecule has 0 amide bonds. The van der Waals surface area contributed by atoms with Gasteiger partial charge in [-0.3, -0.25) is 0 Å². The summed E-state index contributed by atoms with van der Waals surface area (Å²) in [6.07, 6.45) is 1.40. The van der Waals surface area contributed by atoms with E-state index in [4.69, 9.17) is 5.11 Å². The maximum absolute atomic E-state index is 11.0. The number of carbonyl (C=O) groups is 1. The first kappa shape index (κ1) is 14.5. The third-order valence-electron chi connectivity index (χ3n) is 3.05. The van der Waals surface area contributed by atoms with Crippen molar-refractivity contribution in [2.45, 2.75) is 46.6 Å². The number of carboxylic acid groups (broad SMARTS) is 1. The number of aromatic nitrogens is 3. The molecule has 2 heterocycles. The highest BCUT2D eigenvalue weighted by Gasteiger charge is 2.24. The van der Waals surface area contributed by atoms with Crippen molar-refractivity contribution in [3.05, 3.63) is 23.7 Å². The minimum absolute atomic E-state index is 0.112. The molecule has 0 atom stereocenters. The number of pyridine rings is 1. The van der Waals surface area contributed by atoms with E-state index in [-0.39, 0.29) is 11.0 Å². The van der Waals surface area contributed by atoms with Crippen LogP contribution in [0.4, 0.5) is 0 Å². The van der Waals surface area contributed by atoms with Gasteiger partial charge in [0.25, 0.3) is 0 Å². The quantitative estimate of drug-likeness (QED) is 0.934. The molecule has 2 aromatic heterocycles. The number of hydrogen-bond acceptors (Lipinski definition) is 3. The molecular weight excluding hydrogens is 254 g/mol. The highest BCUT2D eigenvalue weighted by atomic mass is 16.4. The molecule has 5 heteroatoms. The van der Waals surface area contributed by atoms with Gasteiger partial charge in [0.1, 0.15) is 11.3 Å². The van der Waals surface area contributed by atoms with Gasteiger partial charge in [-0.25, -0.2) is 14.8 Å². The maximum atomic E-state index is 11.0. The maximum Gasteiger partial charge on any atom is 0.337 e. The first-order valence-electron chi connectivity index (χ1n) is 6.80. The Labute approximate surface area is 118 Å². The molecule has 0 fully saturated rings. The van der Waals surface area contributed by atoms with Crippen molar-refractivity contribution < 1.29 is 9.90 Å². The normalized spacial score (nSPS) is 12.3. The number of fused-ring (bicyclic) bond motifs is 1. The second kappa shape index (κ2) is 4.89. The first-order chi connectivity index (χ1) is 9.20. The van der Waals surface area contributed by atoms with Crippen LogP contribution in [-0.2, 0) is 12.0 Å². The summed E-state index contributed by atoms with van der Waals surface area (Å²) in [5.41, 5.74) is 1.47. The molecule has 0 bridgehead atoms. The van der Waals surface area contributed by atoms with Crippen molar-refractivity contribution in [2.24, 2.45) is 5.92 Å². The zero-order valence-corrected chi connectivity index (χ0v) is 12.6. The largest absolute Gasteiger partial charge is 0.478 e. The van der Waals surface area contributed by atoms with Crippen LogP contribution in [0.3, 0.4) is 0 Å². The molecule has 20 heavy (non-hydrogen) atoms. The van der Waals surface area contributed by atoms with Crippen LogP contribution in [0.5, 0.6) is 0 Å². The molecule has 0 aliphatic rings. The first-order valence-corrected chi connectivity index (χ1v) is 6.80. The summed E-state index contributed by atoms with van der Waals surface area (Å²) in [5, 5.41) is 9.05. The van der Waals surface area contributed by atoms with Gasteiger partial charge in [-0.1, -0.05) is 34.6 Å². The molecule has 0 aliphatic heterocycles. The van der Waals surface area contributed by atoms with E-state index in [9.17, 15) is 4.79 Å². The molecule has 0 aromatic carbocycles. The molecule has 0 radical (unpaired) electrons. The fourth-order valence-corrected chi connectivity index (χ4v) is 2.24. The lowest BCUT2D eigenvalue weighted by molar-refractivity contribution is 0.0696. The van der Waals surface area contributed by atoms with Crippen molar-refractivity contribution in [1.29, 1.82) is 0 Å². The van der Waals surface area contributed by atoms with Crippen molar-refractivity contribution >= 4 is 17.1 Å². The summed E-state index contributed by atoms with van der Waals surface area (Å²) in [6.45, 7) is 11.4. The van der Waals surface area contributed by atoms with E-state index in [0.717, 1.165) is 18.0 Å². The van der Waals surface area contributed by atoms with Gasteiger partial charge in [0, 0.05) is 18.2 Å². The summed E-state index contributed by atoms with van der Waals surface area (Å²) < 4.78 is 2.10. The van der Waals surface area contributed by atoms with Gasteiger partial charge in [-0.15, -0.1) is 0 Å². The van der Waals surface area contributed by atoms with Crippen LogP contribution in [0, 0.1) is 5.92 Å². The van der Waals surface area contributed by atoms with Crippen molar-refractivity contribution in [3.63, 3.8) is 0 Å². The average molecular weight is 275 g/mol. The Morgan fingerprint density at radius 1 is 1.40 bits per heavy atom.